The van der Waals surface area contributed by atoms with Gasteiger partial charge >= 0.3 is 12.0 Å². The van der Waals surface area contributed by atoms with Crippen LogP contribution in [0, 0.1) is 12.8 Å². The molecule has 3 N–H and O–H groups in total. The van der Waals surface area contributed by atoms with E-state index in [2.05, 4.69) is 0 Å². The normalized spacial score (nSPS) is 18.6. The molecule has 166 valence electrons. The molecule has 30 heavy (non-hydrogen) atoms. The molecule has 0 bridgehead atoms. The van der Waals surface area contributed by atoms with Gasteiger partial charge < -0.3 is 10.5 Å². The van der Waals surface area contributed by atoms with Gasteiger partial charge in [-0.15, -0.1) is 0 Å². The van der Waals surface area contributed by atoms with Crippen molar-refractivity contribution in [3.05, 3.63) is 29.3 Å². The van der Waals surface area contributed by atoms with Gasteiger partial charge in [0, 0.05) is 12.6 Å². The van der Waals surface area contributed by atoms with Crippen molar-refractivity contribution in [1.82, 2.24) is 9.62 Å². The Labute approximate surface area is 177 Å². The first-order valence-corrected chi connectivity index (χ1v) is 11.3. The summed E-state index contributed by atoms with van der Waals surface area (Å²) >= 11 is 0. The lowest BCUT2D eigenvalue weighted by Crippen LogP contribution is -2.45. The van der Waals surface area contributed by atoms with Gasteiger partial charge in [-0.25, -0.2) is 18.0 Å². The van der Waals surface area contributed by atoms with Gasteiger partial charge in [0.15, 0.2) is 6.10 Å². The van der Waals surface area contributed by atoms with Gasteiger partial charge in [0.25, 0.3) is 5.91 Å². The van der Waals surface area contributed by atoms with Crippen molar-refractivity contribution in [3.63, 3.8) is 0 Å². The fraction of sp³-hybridized carbons (Fsp3) is 0.550. The second-order valence-electron chi connectivity index (χ2n) is 7.86. The quantitative estimate of drug-likeness (QED) is 0.650. The summed E-state index contributed by atoms with van der Waals surface area (Å²) in [7, 11) is -3.78. The summed E-state index contributed by atoms with van der Waals surface area (Å²) in [6, 6.07) is 3.09. The highest BCUT2D eigenvalue weighted by Crippen LogP contribution is 2.27. The van der Waals surface area contributed by atoms with E-state index >= 15 is 0 Å². The molecular formula is C20H29N3O6S. The molecule has 2 unspecified atom stereocenters. The lowest BCUT2D eigenvalue weighted by molar-refractivity contribution is -0.130. The largest absolute Gasteiger partial charge is 0.448 e. The average molecular weight is 440 g/mol. The number of aryl methyl sites for hydroxylation is 1. The Morgan fingerprint density at radius 3 is 2.47 bits per heavy atom. The van der Waals surface area contributed by atoms with E-state index in [1.807, 2.05) is 12.2 Å². The van der Waals surface area contributed by atoms with Crippen LogP contribution in [0.25, 0.3) is 0 Å². The third kappa shape index (κ3) is 5.37. The van der Waals surface area contributed by atoms with E-state index in [1.165, 1.54) is 22.5 Å². The van der Waals surface area contributed by atoms with Crippen LogP contribution < -0.4 is 11.1 Å². The number of carbonyl (C=O) groups excluding carboxylic acids is 3. The molecule has 0 spiro atoms. The van der Waals surface area contributed by atoms with Crippen molar-refractivity contribution in [2.45, 2.75) is 64.0 Å². The number of sulfonamides is 1. The Kier molecular flexibility index (Phi) is 7.59. The molecule has 1 aromatic carbocycles. The number of nitrogens with zero attached hydrogens (tertiary/aromatic N) is 1. The van der Waals surface area contributed by atoms with Crippen molar-refractivity contribution >= 4 is 27.9 Å². The van der Waals surface area contributed by atoms with E-state index in [-0.39, 0.29) is 16.5 Å². The minimum atomic E-state index is -3.78. The lowest BCUT2D eigenvalue weighted by atomic mass is 10.1. The highest BCUT2D eigenvalue weighted by molar-refractivity contribution is 7.89. The van der Waals surface area contributed by atoms with Gasteiger partial charge in [-0.05, 0) is 50.3 Å². The smallest absolute Gasteiger partial charge is 0.339 e. The Morgan fingerprint density at radius 2 is 1.90 bits per heavy atom. The van der Waals surface area contributed by atoms with E-state index < -0.39 is 40.0 Å². The first kappa shape index (κ1) is 23.8. The number of piperidine rings is 1. The Hall–Kier alpha value is -2.46. The fourth-order valence-corrected chi connectivity index (χ4v) is 5.14. The standard InChI is InChI=1S/C20H29N3O6S/c1-12(2)17(18(24)22-20(21)26)29-19(25)16-11-15(9-8-13(16)3)30(27,28)23-10-6-5-7-14(23)4/h8-9,11-12,14,17H,5-7,10H2,1-4H3,(H3,21,22,24,26). The van der Waals surface area contributed by atoms with E-state index in [9.17, 15) is 22.8 Å². The summed E-state index contributed by atoms with van der Waals surface area (Å²) in [6.07, 6.45) is 1.29. The third-order valence-corrected chi connectivity index (χ3v) is 7.13. The number of esters is 1. The molecule has 10 heteroatoms. The van der Waals surface area contributed by atoms with E-state index in [0.717, 1.165) is 19.3 Å². The van der Waals surface area contributed by atoms with Crippen molar-refractivity contribution in [2.75, 3.05) is 6.54 Å². The van der Waals surface area contributed by atoms with Crippen LogP contribution in [-0.4, -0.2) is 49.3 Å². The number of hydrogen-bond donors (Lipinski definition) is 2. The number of nitrogens with two attached hydrogens (primary N) is 1. The molecular weight excluding hydrogens is 410 g/mol. The number of urea groups is 1. The summed E-state index contributed by atoms with van der Waals surface area (Å²) in [5, 5.41) is 1.90. The molecule has 1 fully saturated rings. The number of hydrogen-bond acceptors (Lipinski definition) is 6. The van der Waals surface area contributed by atoms with Crippen molar-refractivity contribution in [3.8, 4) is 0 Å². The number of primary amides is 1. The first-order chi connectivity index (χ1) is 13.9. The summed E-state index contributed by atoms with van der Waals surface area (Å²) < 4.78 is 33.0. The van der Waals surface area contributed by atoms with Crippen LogP contribution in [0.1, 0.15) is 56.0 Å². The predicted molar refractivity (Wildman–Crippen MR) is 110 cm³/mol. The molecule has 1 saturated heterocycles. The zero-order chi connectivity index (χ0) is 22.6. The molecule has 0 aromatic heterocycles. The molecule has 9 nitrogen and oxygen atoms in total. The molecule has 1 aliphatic rings. The van der Waals surface area contributed by atoms with Gasteiger partial charge in [-0.3, -0.25) is 10.1 Å². The lowest BCUT2D eigenvalue weighted by Gasteiger charge is -2.32. The van der Waals surface area contributed by atoms with Crippen LogP contribution in [0.5, 0.6) is 0 Å². The van der Waals surface area contributed by atoms with E-state index in [0.29, 0.717) is 12.1 Å². The summed E-state index contributed by atoms with van der Waals surface area (Å²) in [5.74, 6) is -2.13. The SMILES string of the molecule is Cc1ccc(S(=O)(=O)N2CCCCC2C)cc1C(=O)OC(C(=O)NC(N)=O)C(C)C. The molecule has 1 heterocycles. The maximum absolute atomic E-state index is 13.1. The molecule has 0 aliphatic carbocycles. The van der Waals surface area contributed by atoms with Gasteiger partial charge in [0.05, 0.1) is 10.5 Å². The number of carbonyl (C=O) groups is 3. The summed E-state index contributed by atoms with van der Waals surface area (Å²) in [6.45, 7) is 7.23. The van der Waals surface area contributed by atoms with Crippen LogP contribution in [0.3, 0.4) is 0 Å². The predicted octanol–water partition coefficient (Wildman–Crippen LogP) is 1.93. The van der Waals surface area contributed by atoms with Crippen LogP contribution in [0.4, 0.5) is 4.79 Å². The topological polar surface area (TPSA) is 136 Å². The molecule has 1 aromatic rings. The summed E-state index contributed by atoms with van der Waals surface area (Å²) in [4.78, 5) is 35.8. The minimum Gasteiger partial charge on any atom is -0.448 e. The zero-order valence-corrected chi connectivity index (χ0v) is 18.5. The van der Waals surface area contributed by atoms with Crippen molar-refractivity contribution in [1.29, 1.82) is 0 Å². The second kappa shape index (κ2) is 9.57. The zero-order valence-electron chi connectivity index (χ0n) is 17.7. The van der Waals surface area contributed by atoms with Crippen LogP contribution in [0.15, 0.2) is 23.1 Å². The maximum atomic E-state index is 13.1. The Bertz CT molecular complexity index is 928. The van der Waals surface area contributed by atoms with E-state index in [4.69, 9.17) is 10.5 Å². The molecule has 1 aliphatic heterocycles. The molecule has 0 saturated carbocycles. The molecule has 3 amide bonds. The number of amides is 3. The summed E-state index contributed by atoms with van der Waals surface area (Å²) in [5.41, 5.74) is 5.51. The number of benzene rings is 1. The van der Waals surface area contributed by atoms with Crippen molar-refractivity contribution in [2.24, 2.45) is 11.7 Å². The maximum Gasteiger partial charge on any atom is 0.339 e. The minimum absolute atomic E-state index is 0.00326. The second-order valence-corrected chi connectivity index (χ2v) is 9.75. The third-order valence-electron chi connectivity index (χ3n) is 5.12. The highest BCUT2D eigenvalue weighted by atomic mass is 32.2. The molecule has 2 atom stereocenters. The number of imide groups is 1. The van der Waals surface area contributed by atoms with Gasteiger partial charge in [0.1, 0.15) is 0 Å². The highest BCUT2D eigenvalue weighted by Gasteiger charge is 2.33. The van der Waals surface area contributed by atoms with Gasteiger partial charge in [-0.2, -0.15) is 4.31 Å². The Balaban J connectivity index is 2.32. The number of ether oxygens (including phenoxy) is 1. The monoisotopic (exact) mass is 439 g/mol. The Morgan fingerprint density at radius 1 is 1.23 bits per heavy atom. The van der Waals surface area contributed by atoms with Crippen LogP contribution in [0.2, 0.25) is 0 Å². The number of rotatable bonds is 6. The average Bonchev–Trinajstić information content (AvgIpc) is 2.65. The first-order valence-electron chi connectivity index (χ1n) is 9.89. The van der Waals surface area contributed by atoms with Crippen LogP contribution >= 0.6 is 0 Å². The van der Waals surface area contributed by atoms with Gasteiger partial charge in [-0.1, -0.05) is 26.3 Å². The molecule has 0 radical (unpaired) electrons. The van der Waals surface area contributed by atoms with Crippen LogP contribution in [-0.2, 0) is 19.6 Å². The molecule has 2 rings (SSSR count). The fourth-order valence-electron chi connectivity index (χ4n) is 3.41. The van der Waals surface area contributed by atoms with Crippen molar-refractivity contribution < 1.29 is 27.5 Å². The van der Waals surface area contributed by atoms with Gasteiger partial charge in [0.2, 0.25) is 10.0 Å². The number of nitrogens with one attached hydrogen (secondary N) is 1. The van der Waals surface area contributed by atoms with E-state index in [1.54, 1.807) is 20.8 Å².